The summed E-state index contributed by atoms with van der Waals surface area (Å²) >= 11 is 0. The highest BCUT2D eigenvalue weighted by molar-refractivity contribution is 5.80. The standard InChI is InChI=1S/C9H14N2O2/c1-7(10)9(12)11-5-4-8-3-2-6-13-8/h2-3,6-7H,4-5,10H2,1H3,(H,11,12)/t7-/m0/s1. The summed E-state index contributed by atoms with van der Waals surface area (Å²) in [6.45, 7) is 2.22. The Morgan fingerprint density at radius 1 is 1.77 bits per heavy atom. The van der Waals surface area contributed by atoms with Crippen LogP contribution in [-0.4, -0.2) is 18.5 Å². The van der Waals surface area contributed by atoms with Crippen LogP contribution in [0.4, 0.5) is 0 Å². The van der Waals surface area contributed by atoms with Crippen LogP contribution in [0.25, 0.3) is 0 Å². The van der Waals surface area contributed by atoms with Crippen molar-refractivity contribution in [2.24, 2.45) is 5.73 Å². The van der Waals surface area contributed by atoms with Crippen LogP contribution in [0.15, 0.2) is 22.8 Å². The third-order valence-electron chi connectivity index (χ3n) is 1.66. The minimum atomic E-state index is -0.448. The van der Waals surface area contributed by atoms with Gasteiger partial charge in [-0.2, -0.15) is 0 Å². The van der Waals surface area contributed by atoms with Crippen LogP contribution >= 0.6 is 0 Å². The predicted octanol–water partition coefficient (Wildman–Crippen LogP) is 0.286. The lowest BCUT2D eigenvalue weighted by Crippen LogP contribution is -2.39. The molecule has 0 fully saturated rings. The summed E-state index contributed by atoms with van der Waals surface area (Å²) in [6.07, 6.45) is 2.31. The summed E-state index contributed by atoms with van der Waals surface area (Å²) in [7, 11) is 0. The van der Waals surface area contributed by atoms with Gasteiger partial charge in [-0.15, -0.1) is 0 Å². The summed E-state index contributed by atoms with van der Waals surface area (Å²) < 4.78 is 5.09. The van der Waals surface area contributed by atoms with Crippen molar-refractivity contribution in [3.05, 3.63) is 24.2 Å². The molecule has 0 saturated carbocycles. The van der Waals surface area contributed by atoms with Gasteiger partial charge in [-0.25, -0.2) is 0 Å². The molecule has 0 aliphatic heterocycles. The largest absolute Gasteiger partial charge is 0.469 e. The van der Waals surface area contributed by atoms with Gasteiger partial charge in [0.25, 0.3) is 0 Å². The zero-order valence-corrected chi connectivity index (χ0v) is 7.62. The summed E-state index contributed by atoms with van der Waals surface area (Å²) in [5.74, 6) is 0.733. The van der Waals surface area contributed by atoms with Crippen LogP contribution in [0.3, 0.4) is 0 Å². The van der Waals surface area contributed by atoms with Gasteiger partial charge in [0.05, 0.1) is 12.3 Å². The zero-order valence-electron chi connectivity index (χ0n) is 7.62. The normalized spacial score (nSPS) is 12.5. The molecule has 0 aliphatic carbocycles. The van der Waals surface area contributed by atoms with E-state index in [4.69, 9.17) is 10.2 Å². The quantitative estimate of drug-likeness (QED) is 0.703. The summed E-state index contributed by atoms with van der Waals surface area (Å²) in [5.41, 5.74) is 5.36. The van der Waals surface area contributed by atoms with Gasteiger partial charge in [0.2, 0.25) is 5.91 Å². The SMILES string of the molecule is C[C@H](N)C(=O)NCCc1ccco1. The molecule has 0 saturated heterocycles. The summed E-state index contributed by atoms with van der Waals surface area (Å²) in [6, 6.07) is 3.25. The van der Waals surface area contributed by atoms with E-state index in [1.165, 1.54) is 0 Å². The van der Waals surface area contributed by atoms with E-state index < -0.39 is 6.04 Å². The van der Waals surface area contributed by atoms with Crippen molar-refractivity contribution in [2.45, 2.75) is 19.4 Å². The lowest BCUT2D eigenvalue weighted by molar-refractivity contribution is -0.121. The lowest BCUT2D eigenvalue weighted by Gasteiger charge is -2.05. The van der Waals surface area contributed by atoms with E-state index in [0.29, 0.717) is 13.0 Å². The molecule has 0 bridgehead atoms. The van der Waals surface area contributed by atoms with Gasteiger partial charge < -0.3 is 15.5 Å². The molecule has 4 nitrogen and oxygen atoms in total. The first-order valence-electron chi connectivity index (χ1n) is 4.26. The van der Waals surface area contributed by atoms with Crippen LogP contribution in [0.1, 0.15) is 12.7 Å². The van der Waals surface area contributed by atoms with E-state index >= 15 is 0 Å². The Morgan fingerprint density at radius 2 is 2.54 bits per heavy atom. The number of nitrogens with two attached hydrogens (primary N) is 1. The molecule has 0 aliphatic rings. The fourth-order valence-corrected chi connectivity index (χ4v) is 0.925. The van der Waals surface area contributed by atoms with Crippen molar-refractivity contribution in [3.63, 3.8) is 0 Å². The second-order valence-electron chi connectivity index (χ2n) is 2.91. The molecule has 0 aromatic carbocycles. The molecule has 1 amide bonds. The van der Waals surface area contributed by atoms with Crippen molar-refractivity contribution in [2.75, 3.05) is 6.54 Å². The number of hydrogen-bond donors (Lipinski definition) is 2. The number of furan rings is 1. The monoisotopic (exact) mass is 182 g/mol. The molecule has 0 unspecified atom stereocenters. The average molecular weight is 182 g/mol. The average Bonchev–Trinajstić information content (AvgIpc) is 2.56. The Morgan fingerprint density at radius 3 is 3.08 bits per heavy atom. The van der Waals surface area contributed by atoms with Crippen molar-refractivity contribution < 1.29 is 9.21 Å². The maximum absolute atomic E-state index is 11.0. The number of amides is 1. The number of rotatable bonds is 4. The second kappa shape index (κ2) is 4.67. The van der Waals surface area contributed by atoms with E-state index in [-0.39, 0.29) is 5.91 Å². The van der Waals surface area contributed by atoms with Crippen molar-refractivity contribution in [1.29, 1.82) is 0 Å². The van der Waals surface area contributed by atoms with Crippen LogP contribution in [0.2, 0.25) is 0 Å². The molecule has 72 valence electrons. The van der Waals surface area contributed by atoms with E-state index in [1.54, 1.807) is 13.2 Å². The molecule has 0 spiro atoms. The highest BCUT2D eigenvalue weighted by atomic mass is 16.3. The van der Waals surface area contributed by atoms with E-state index in [9.17, 15) is 4.79 Å². The molecular formula is C9H14N2O2. The first-order chi connectivity index (χ1) is 6.20. The molecule has 1 aromatic heterocycles. The Bertz CT molecular complexity index is 255. The molecule has 13 heavy (non-hydrogen) atoms. The van der Waals surface area contributed by atoms with Crippen LogP contribution < -0.4 is 11.1 Å². The van der Waals surface area contributed by atoms with Crippen LogP contribution in [-0.2, 0) is 11.2 Å². The van der Waals surface area contributed by atoms with Gasteiger partial charge in [-0.3, -0.25) is 4.79 Å². The maximum Gasteiger partial charge on any atom is 0.236 e. The van der Waals surface area contributed by atoms with E-state index in [1.807, 2.05) is 12.1 Å². The van der Waals surface area contributed by atoms with Crippen LogP contribution in [0, 0.1) is 0 Å². The van der Waals surface area contributed by atoms with E-state index in [2.05, 4.69) is 5.32 Å². The molecule has 1 aromatic rings. The van der Waals surface area contributed by atoms with Gasteiger partial charge in [-0.05, 0) is 19.1 Å². The van der Waals surface area contributed by atoms with Crippen LogP contribution in [0.5, 0.6) is 0 Å². The highest BCUT2D eigenvalue weighted by Gasteiger charge is 2.05. The number of nitrogens with one attached hydrogen (secondary N) is 1. The predicted molar refractivity (Wildman–Crippen MR) is 49.1 cm³/mol. The molecule has 1 heterocycles. The minimum absolute atomic E-state index is 0.133. The molecule has 4 heteroatoms. The summed E-state index contributed by atoms with van der Waals surface area (Å²) in [5, 5.41) is 2.70. The molecule has 0 radical (unpaired) electrons. The molecule has 3 N–H and O–H groups in total. The minimum Gasteiger partial charge on any atom is -0.469 e. The molecule has 1 rings (SSSR count). The topological polar surface area (TPSA) is 68.3 Å². The van der Waals surface area contributed by atoms with Gasteiger partial charge in [-0.1, -0.05) is 0 Å². The summed E-state index contributed by atoms with van der Waals surface area (Å²) in [4.78, 5) is 11.0. The zero-order chi connectivity index (χ0) is 9.68. The Labute approximate surface area is 77.1 Å². The first kappa shape index (κ1) is 9.80. The third kappa shape index (κ3) is 3.29. The molecule has 1 atom stereocenters. The Kier molecular flexibility index (Phi) is 3.52. The highest BCUT2D eigenvalue weighted by Crippen LogP contribution is 1.99. The fourth-order valence-electron chi connectivity index (χ4n) is 0.925. The fraction of sp³-hybridized carbons (Fsp3) is 0.444. The van der Waals surface area contributed by atoms with Crippen molar-refractivity contribution in [1.82, 2.24) is 5.32 Å². The number of carbonyl (C=O) groups excluding carboxylic acids is 1. The van der Waals surface area contributed by atoms with Gasteiger partial charge >= 0.3 is 0 Å². The molecular weight excluding hydrogens is 168 g/mol. The Hall–Kier alpha value is -1.29. The smallest absolute Gasteiger partial charge is 0.236 e. The van der Waals surface area contributed by atoms with E-state index in [0.717, 1.165) is 5.76 Å². The third-order valence-corrected chi connectivity index (χ3v) is 1.66. The van der Waals surface area contributed by atoms with Crippen molar-refractivity contribution >= 4 is 5.91 Å². The van der Waals surface area contributed by atoms with Gasteiger partial charge in [0.15, 0.2) is 0 Å². The van der Waals surface area contributed by atoms with Crippen molar-refractivity contribution in [3.8, 4) is 0 Å². The van der Waals surface area contributed by atoms with Gasteiger partial charge in [0, 0.05) is 13.0 Å². The second-order valence-corrected chi connectivity index (χ2v) is 2.91. The Balaban J connectivity index is 2.18. The lowest BCUT2D eigenvalue weighted by atomic mass is 10.3. The number of hydrogen-bond acceptors (Lipinski definition) is 3. The first-order valence-corrected chi connectivity index (χ1v) is 4.26. The maximum atomic E-state index is 11.0. The number of carbonyl (C=O) groups is 1. The van der Waals surface area contributed by atoms with Gasteiger partial charge in [0.1, 0.15) is 5.76 Å².